The summed E-state index contributed by atoms with van der Waals surface area (Å²) >= 11 is 7.02. The van der Waals surface area contributed by atoms with Crippen LogP contribution in [0.3, 0.4) is 0 Å². The predicted molar refractivity (Wildman–Crippen MR) is 44.2 cm³/mol. The summed E-state index contributed by atoms with van der Waals surface area (Å²) in [5.41, 5.74) is -1.44. The molecule has 0 atom stereocenters. The Labute approximate surface area is 88.8 Å². The first-order chi connectivity index (χ1) is 6.37. The minimum Gasteiger partial charge on any atom is -0.275 e. The van der Waals surface area contributed by atoms with Crippen molar-refractivity contribution in [1.29, 1.82) is 0 Å². The Morgan fingerprint density at radius 2 is 1.36 bits per heavy atom. The highest BCUT2D eigenvalue weighted by Gasteiger charge is 2.27. The van der Waals surface area contributed by atoms with Crippen LogP contribution in [-0.4, -0.2) is 5.24 Å². The van der Waals surface area contributed by atoms with E-state index >= 15 is 0 Å². The Bertz CT molecular complexity index is 392. The number of rotatable bonds is 1. The molecule has 0 bridgehead atoms. The highest BCUT2D eigenvalue weighted by Crippen LogP contribution is 2.28. The van der Waals surface area contributed by atoms with Gasteiger partial charge in [-0.3, -0.25) is 4.79 Å². The van der Waals surface area contributed by atoms with Crippen LogP contribution in [-0.2, 0) is 0 Å². The molecule has 0 aliphatic rings. The number of hydrogen-bond donors (Lipinski definition) is 0. The predicted octanol–water partition coefficient (Wildman–Crippen LogP) is 3.38. The van der Waals surface area contributed by atoms with Gasteiger partial charge in [0.1, 0.15) is 5.56 Å². The summed E-state index contributed by atoms with van der Waals surface area (Å²) in [5.74, 6) is -7.05. The lowest BCUT2D eigenvalue weighted by Crippen LogP contribution is -2.06. The van der Waals surface area contributed by atoms with Crippen molar-refractivity contribution in [2.45, 2.75) is 0 Å². The van der Waals surface area contributed by atoms with Crippen molar-refractivity contribution in [3.05, 3.63) is 33.3 Å². The number of hydrogen-bond acceptors (Lipinski definition) is 1. The van der Waals surface area contributed by atoms with Gasteiger partial charge in [-0.25, -0.2) is 17.6 Å². The molecular weight excluding hydrogens is 291 g/mol. The average Bonchev–Trinajstić information content (AvgIpc) is 2.11. The second kappa shape index (κ2) is 3.86. The third kappa shape index (κ3) is 1.64. The first-order valence-corrected chi connectivity index (χ1v) is 4.26. The molecule has 0 amide bonds. The lowest BCUT2D eigenvalue weighted by molar-refractivity contribution is 0.107. The van der Waals surface area contributed by atoms with Gasteiger partial charge in [0.15, 0.2) is 23.3 Å². The van der Waals surface area contributed by atoms with Gasteiger partial charge in [0.2, 0.25) is 0 Å². The third-order valence-corrected chi connectivity index (χ3v) is 2.29. The Morgan fingerprint density at radius 3 is 1.64 bits per heavy atom. The van der Waals surface area contributed by atoms with Gasteiger partial charge in [-0.15, -0.1) is 0 Å². The molecule has 0 fully saturated rings. The number of carbonyl (C=O) groups excluding carboxylic acids is 1. The molecule has 0 aromatic heterocycles. The standard InChI is InChI=1S/C7BrClF4O/c8-2-5(12)3(10)1(7(9)14)4(11)6(2)13. The topological polar surface area (TPSA) is 17.1 Å². The molecule has 0 saturated heterocycles. The monoisotopic (exact) mass is 290 g/mol. The van der Waals surface area contributed by atoms with E-state index in [1.165, 1.54) is 0 Å². The van der Waals surface area contributed by atoms with Crippen molar-refractivity contribution in [3.8, 4) is 0 Å². The molecule has 0 saturated carbocycles. The van der Waals surface area contributed by atoms with Gasteiger partial charge in [0.25, 0.3) is 5.24 Å². The summed E-state index contributed by atoms with van der Waals surface area (Å²) < 4.78 is 50.2. The van der Waals surface area contributed by atoms with E-state index in [1.807, 2.05) is 0 Å². The molecule has 1 aromatic rings. The van der Waals surface area contributed by atoms with E-state index in [0.717, 1.165) is 0 Å². The van der Waals surface area contributed by atoms with Crippen LogP contribution in [0.4, 0.5) is 17.6 Å². The molecule has 0 unspecified atom stereocenters. The summed E-state index contributed by atoms with van der Waals surface area (Å²) in [6, 6.07) is 0. The van der Waals surface area contributed by atoms with Crippen LogP contribution >= 0.6 is 27.5 Å². The van der Waals surface area contributed by atoms with Crippen LogP contribution in [0.15, 0.2) is 4.47 Å². The summed E-state index contributed by atoms with van der Waals surface area (Å²) in [6.45, 7) is 0. The molecular formula is C7BrClF4O. The van der Waals surface area contributed by atoms with Gasteiger partial charge in [-0.1, -0.05) is 0 Å². The molecule has 0 spiro atoms. The zero-order chi connectivity index (χ0) is 11.0. The number of benzene rings is 1. The van der Waals surface area contributed by atoms with Crippen molar-refractivity contribution >= 4 is 32.8 Å². The molecule has 1 nitrogen and oxygen atoms in total. The Balaban J connectivity index is 3.68. The first-order valence-electron chi connectivity index (χ1n) is 3.09. The summed E-state index contributed by atoms with van der Waals surface area (Å²) in [6.07, 6.45) is 0. The Kier molecular flexibility index (Phi) is 3.16. The maximum absolute atomic E-state index is 12.8. The summed E-state index contributed by atoms with van der Waals surface area (Å²) in [5, 5.41) is -1.61. The van der Waals surface area contributed by atoms with Crippen LogP contribution in [0.2, 0.25) is 0 Å². The Morgan fingerprint density at radius 1 is 1.00 bits per heavy atom. The molecule has 0 radical (unpaired) electrons. The van der Waals surface area contributed by atoms with E-state index in [4.69, 9.17) is 11.6 Å². The van der Waals surface area contributed by atoms with E-state index < -0.39 is 38.5 Å². The van der Waals surface area contributed by atoms with Crippen LogP contribution in [0.1, 0.15) is 10.4 Å². The summed E-state index contributed by atoms with van der Waals surface area (Å²) in [4.78, 5) is 10.4. The zero-order valence-electron chi connectivity index (χ0n) is 6.18. The maximum Gasteiger partial charge on any atom is 0.258 e. The van der Waals surface area contributed by atoms with E-state index in [0.29, 0.717) is 0 Å². The van der Waals surface area contributed by atoms with Crippen molar-refractivity contribution in [1.82, 2.24) is 0 Å². The fourth-order valence-electron chi connectivity index (χ4n) is 0.777. The molecule has 0 heterocycles. The largest absolute Gasteiger partial charge is 0.275 e. The molecule has 0 N–H and O–H groups in total. The number of halogens is 6. The van der Waals surface area contributed by atoms with Gasteiger partial charge >= 0.3 is 0 Å². The average molecular weight is 291 g/mol. The molecule has 1 rings (SSSR count). The van der Waals surface area contributed by atoms with Gasteiger partial charge in [-0.2, -0.15) is 0 Å². The zero-order valence-corrected chi connectivity index (χ0v) is 8.52. The molecule has 0 aliphatic heterocycles. The normalized spacial score (nSPS) is 10.4. The smallest absolute Gasteiger partial charge is 0.258 e. The Hall–Kier alpha value is -0.620. The van der Waals surface area contributed by atoms with Crippen LogP contribution in [0, 0.1) is 23.3 Å². The van der Waals surface area contributed by atoms with Crippen LogP contribution < -0.4 is 0 Å². The van der Waals surface area contributed by atoms with Gasteiger partial charge in [0, 0.05) is 0 Å². The quantitative estimate of drug-likeness (QED) is 0.335. The lowest BCUT2D eigenvalue weighted by atomic mass is 10.2. The lowest BCUT2D eigenvalue weighted by Gasteiger charge is -2.04. The van der Waals surface area contributed by atoms with Gasteiger partial charge in [0.05, 0.1) is 4.47 Å². The molecule has 76 valence electrons. The fourth-order valence-corrected chi connectivity index (χ4v) is 1.29. The maximum atomic E-state index is 12.8. The van der Waals surface area contributed by atoms with Crippen molar-refractivity contribution < 1.29 is 22.4 Å². The van der Waals surface area contributed by atoms with Crippen molar-refractivity contribution in [2.24, 2.45) is 0 Å². The van der Waals surface area contributed by atoms with E-state index in [2.05, 4.69) is 15.9 Å². The fraction of sp³-hybridized carbons (Fsp3) is 0. The highest BCUT2D eigenvalue weighted by molar-refractivity contribution is 9.10. The van der Waals surface area contributed by atoms with E-state index in [9.17, 15) is 22.4 Å². The van der Waals surface area contributed by atoms with Crippen molar-refractivity contribution in [2.75, 3.05) is 0 Å². The first kappa shape index (κ1) is 11.5. The second-order valence-corrected chi connectivity index (χ2v) is 3.35. The van der Waals surface area contributed by atoms with E-state index in [-0.39, 0.29) is 0 Å². The molecule has 7 heteroatoms. The molecule has 0 aliphatic carbocycles. The summed E-state index contributed by atoms with van der Waals surface area (Å²) in [7, 11) is 0. The third-order valence-electron chi connectivity index (χ3n) is 1.41. The SMILES string of the molecule is O=C(Cl)c1c(F)c(F)c(Br)c(F)c1F. The van der Waals surface area contributed by atoms with Crippen LogP contribution in [0.5, 0.6) is 0 Å². The highest BCUT2D eigenvalue weighted by atomic mass is 79.9. The minimum atomic E-state index is -1.82. The minimum absolute atomic E-state index is 1.02. The molecule has 1 aromatic carbocycles. The van der Waals surface area contributed by atoms with Gasteiger partial charge < -0.3 is 0 Å². The van der Waals surface area contributed by atoms with Crippen LogP contribution in [0.25, 0.3) is 0 Å². The molecule has 14 heavy (non-hydrogen) atoms. The number of carbonyl (C=O) groups is 1. The van der Waals surface area contributed by atoms with E-state index in [1.54, 1.807) is 0 Å². The second-order valence-electron chi connectivity index (χ2n) is 2.22. The van der Waals surface area contributed by atoms with Crippen molar-refractivity contribution in [3.63, 3.8) is 0 Å². The van der Waals surface area contributed by atoms with Gasteiger partial charge in [-0.05, 0) is 27.5 Å².